The number of nitrogens with zero attached hydrogens (tertiary/aromatic N) is 3. The third kappa shape index (κ3) is 3.91. The molecule has 0 radical (unpaired) electrons. The van der Waals surface area contributed by atoms with Crippen molar-refractivity contribution in [1.29, 1.82) is 0 Å². The highest BCUT2D eigenvalue weighted by Gasteiger charge is 2.43. The summed E-state index contributed by atoms with van der Waals surface area (Å²) in [6, 6.07) is 8.27. The molecule has 2 aromatic rings. The Morgan fingerprint density at radius 2 is 2.00 bits per heavy atom. The number of likely N-dealkylation sites (tertiary alicyclic amines) is 1. The van der Waals surface area contributed by atoms with Crippen LogP contribution in [-0.4, -0.2) is 52.5 Å². The third-order valence-electron chi connectivity index (χ3n) is 8.51. The van der Waals surface area contributed by atoms with Crippen LogP contribution in [-0.2, 0) is 11.2 Å². The van der Waals surface area contributed by atoms with Gasteiger partial charge in [-0.05, 0) is 83.0 Å². The van der Waals surface area contributed by atoms with Gasteiger partial charge in [-0.15, -0.1) is 24.0 Å². The van der Waals surface area contributed by atoms with E-state index in [1.54, 1.807) is 0 Å². The molecule has 1 saturated carbocycles. The van der Waals surface area contributed by atoms with E-state index in [9.17, 15) is 4.79 Å². The van der Waals surface area contributed by atoms with Crippen molar-refractivity contribution in [1.82, 2.24) is 14.4 Å². The van der Waals surface area contributed by atoms with E-state index < -0.39 is 0 Å². The van der Waals surface area contributed by atoms with E-state index in [4.69, 9.17) is 0 Å². The molecule has 1 aromatic heterocycles. The molecule has 2 fully saturated rings. The summed E-state index contributed by atoms with van der Waals surface area (Å²) in [5, 5.41) is 1.47. The Hall–Kier alpha value is -1.08. The zero-order valence-electron chi connectivity index (χ0n) is 20.4. The third-order valence-corrected chi connectivity index (χ3v) is 8.51. The molecule has 1 aliphatic heterocycles. The van der Waals surface area contributed by atoms with Gasteiger partial charge in [-0.2, -0.15) is 0 Å². The van der Waals surface area contributed by atoms with Crippen LogP contribution in [0.4, 0.5) is 0 Å². The van der Waals surface area contributed by atoms with E-state index in [1.165, 1.54) is 41.3 Å². The fourth-order valence-electron chi connectivity index (χ4n) is 6.97. The summed E-state index contributed by atoms with van der Waals surface area (Å²) < 4.78 is 2.44. The summed E-state index contributed by atoms with van der Waals surface area (Å²) >= 11 is 0. The highest BCUT2D eigenvalue weighted by atomic mass is 127. The number of halogens is 1. The van der Waals surface area contributed by atoms with Crippen molar-refractivity contribution in [2.24, 2.45) is 11.8 Å². The van der Waals surface area contributed by atoms with Gasteiger partial charge in [0.05, 0.1) is 5.92 Å². The minimum Gasteiger partial charge on any atom is -0.345 e. The van der Waals surface area contributed by atoms with Crippen LogP contribution in [0.1, 0.15) is 76.5 Å². The molecule has 0 N–H and O–H groups in total. The van der Waals surface area contributed by atoms with Crippen LogP contribution in [0.2, 0.25) is 0 Å². The van der Waals surface area contributed by atoms with Crippen LogP contribution >= 0.6 is 24.0 Å². The predicted octanol–water partition coefficient (Wildman–Crippen LogP) is 5.84. The number of amides is 1. The number of fused-ring (bicyclic) bond motifs is 2. The Bertz CT molecular complexity index is 983. The van der Waals surface area contributed by atoms with Gasteiger partial charge in [0.1, 0.15) is 0 Å². The van der Waals surface area contributed by atoms with Crippen molar-refractivity contribution in [2.75, 3.05) is 20.1 Å². The molecule has 0 bridgehead atoms. The van der Waals surface area contributed by atoms with Crippen LogP contribution in [0, 0.1) is 11.8 Å². The molecule has 5 heteroatoms. The van der Waals surface area contributed by atoms with Gasteiger partial charge >= 0.3 is 0 Å². The molecule has 4 nitrogen and oxygen atoms in total. The highest BCUT2D eigenvalue weighted by Crippen LogP contribution is 2.46. The lowest BCUT2D eigenvalue weighted by Crippen LogP contribution is -2.53. The first-order valence-electron chi connectivity index (χ1n) is 12.5. The smallest absolute Gasteiger partial charge is 0.227 e. The molecule has 1 amide bonds. The van der Waals surface area contributed by atoms with E-state index in [0.717, 1.165) is 31.8 Å². The summed E-state index contributed by atoms with van der Waals surface area (Å²) in [7, 11) is 2.25. The zero-order chi connectivity index (χ0) is 21.9. The largest absolute Gasteiger partial charge is 0.345 e. The molecule has 1 saturated heterocycles. The maximum atomic E-state index is 13.7. The van der Waals surface area contributed by atoms with E-state index in [-0.39, 0.29) is 29.9 Å². The molecule has 3 aliphatic rings. The van der Waals surface area contributed by atoms with Gasteiger partial charge in [-0.1, -0.05) is 19.1 Å². The Labute approximate surface area is 210 Å². The molecule has 176 valence electrons. The number of carbonyl (C=O) groups excluding carboxylic acids is 1. The van der Waals surface area contributed by atoms with Crippen molar-refractivity contribution in [2.45, 2.75) is 83.8 Å². The monoisotopic (exact) mass is 549 g/mol. The number of piperidine rings is 1. The summed E-state index contributed by atoms with van der Waals surface area (Å²) in [6.45, 7) is 10.8. The maximum absolute atomic E-state index is 13.7. The molecule has 2 heterocycles. The number of hydrogen-bond acceptors (Lipinski definition) is 2. The zero-order valence-corrected chi connectivity index (χ0v) is 22.7. The van der Waals surface area contributed by atoms with Crippen molar-refractivity contribution < 1.29 is 4.79 Å². The average Bonchev–Trinajstić information content (AvgIpc) is 3.34. The molecular formula is C27H40IN3O. The summed E-state index contributed by atoms with van der Waals surface area (Å²) in [4.78, 5) is 18.4. The van der Waals surface area contributed by atoms with Crippen LogP contribution < -0.4 is 0 Å². The Kier molecular flexibility index (Phi) is 6.98. The number of rotatable bonds is 4. The second-order valence-corrected chi connectivity index (χ2v) is 10.8. The first-order valence-corrected chi connectivity index (χ1v) is 12.5. The van der Waals surface area contributed by atoms with Crippen LogP contribution in [0.15, 0.2) is 24.4 Å². The van der Waals surface area contributed by atoms with Crippen LogP contribution in [0.3, 0.4) is 0 Å². The quantitative estimate of drug-likeness (QED) is 0.449. The summed E-state index contributed by atoms with van der Waals surface area (Å²) in [5.41, 5.74) is 4.34. The molecular weight excluding hydrogens is 509 g/mol. The number of hydrogen-bond donors (Lipinski definition) is 0. The lowest BCUT2D eigenvalue weighted by atomic mass is 9.72. The number of benzene rings is 1. The van der Waals surface area contributed by atoms with Gasteiger partial charge in [0.15, 0.2) is 0 Å². The Balaban J connectivity index is 0.00000245. The van der Waals surface area contributed by atoms with Crippen LogP contribution in [0.5, 0.6) is 0 Å². The molecule has 32 heavy (non-hydrogen) atoms. The SMILES string of the molecule is CCN(C(=O)[C@@H]1C[C@@H]2c3cccc4c3c(cn4C(C)C)C[C@H]2N(C)C1)C1CCC(C)C1.I. The van der Waals surface area contributed by atoms with E-state index in [1.807, 2.05) is 0 Å². The Morgan fingerprint density at radius 3 is 2.66 bits per heavy atom. The van der Waals surface area contributed by atoms with E-state index in [0.29, 0.717) is 30.0 Å². The number of aromatic nitrogens is 1. The van der Waals surface area contributed by atoms with Crippen molar-refractivity contribution in [3.05, 3.63) is 35.5 Å². The molecule has 2 aliphatic carbocycles. The molecule has 5 rings (SSSR count). The van der Waals surface area contributed by atoms with Crippen molar-refractivity contribution >= 4 is 40.8 Å². The molecule has 1 aromatic carbocycles. The first kappa shape index (κ1) is 24.1. The first-order chi connectivity index (χ1) is 14.9. The highest BCUT2D eigenvalue weighted by molar-refractivity contribution is 14.0. The van der Waals surface area contributed by atoms with Gasteiger partial charge in [0.2, 0.25) is 5.91 Å². The normalized spacial score (nSPS) is 29.8. The number of likely N-dealkylation sites (N-methyl/N-ethyl adjacent to an activating group) is 1. The van der Waals surface area contributed by atoms with Gasteiger partial charge in [-0.25, -0.2) is 0 Å². The molecule has 2 unspecified atom stereocenters. The lowest BCUT2D eigenvalue weighted by molar-refractivity contribution is -0.140. The van der Waals surface area contributed by atoms with Crippen molar-refractivity contribution in [3.8, 4) is 0 Å². The predicted molar refractivity (Wildman–Crippen MR) is 143 cm³/mol. The summed E-state index contributed by atoms with van der Waals surface area (Å²) in [5.74, 6) is 1.73. The van der Waals surface area contributed by atoms with Gasteiger partial charge < -0.3 is 14.4 Å². The topological polar surface area (TPSA) is 28.5 Å². The summed E-state index contributed by atoms with van der Waals surface area (Å²) in [6.07, 6.45) is 8.12. The second kappa shape index (κ2) is 9.28. The van der Waals surface area contributed by atoms with E-state index >= 15 is 0 Å². The van der Waals surface area contributed by atoms with Gasteiger partial charge in [-0.3, -0.25) is 4.79 Å². The number of carbonyl (C=O) groups is 1. The van der Waals surface area contributed by atoms with Crippen LogP contribution in [0.25, 0.3) is 10.9 Å². The molecule has 0 spiro atoms. The Morgan fingerprint density at radius 1 is 1.22 bits per heavy atom. The molecule has 5 atom stereocenters. The minimum absolute atomic E-state index is 0. The van der Waals surface area contributed by atoms with E-state index in [2.05, 4.69) is 73.5 Å². The second-order valence-electron chi connectivity index (χ2n) is 10.8. The van der Waals surface area contributed by atoms with Gasteiger partial charge in [0, 0.05) is 54.2 Å². The fourth-order valence-corrected chi connectivity index (χ4v) is 6.97. The van der Waals surface area contributed by atoms with Gasteiger partial charge in [0.25, 0.3) is 0 Å². The lowest BCUT2D eigenvalue weighted by Gasteiger charge is -2.46. The minimum atomic E-state index is 0. The average molecular weight is 550 g/mol. The van der Waals surface area contributed by atoms with Crippen molar-refractivity contribution in [3.63, 3.8) is 0 Å². The maximum Gasteiger partial charge on any atom is 0.227 e. The standard InChI is InChI=1S/C27H39N3O.HI/c1-6-29(21-11-10-18(4)12-21)27(31)20-13-23-22-8-7-9-24-26(22)19(16-30(24)17(2)3)14-25(23)28(5)15-20;/h7-9,16-18,20-21,23,25H,6,10-15H2,1-5H3;1H/t18?,20-,21?,23-,25-;/m1./s1. The fraction of sp³-hybridized carbons (Fsp3) is 0.667.